The average Bonchev–Trinajstić information content (AvgIpc) is 3.14. The highest BCUT2D eigenvalue weighted by atomic mass is 16.1. The van der Waals surface area contributed by atoms with Crippen LogP contribution in [0.2, 0.25) is 0 Å². The van der Waals surface area contributed by atoms with E-state index in [1.54, 1.807) is 4.68 Å². The molecule has 6 nitrogen and oxygen atoms in total. The van der Waals surface area contributed by atoms with E-state index in [-0.39, 0.29) is 11.9 Å². The van der Waals surface area contributed by atoms with Crippen molar-refractivity contribution in [2.45, 2.75) is 19.5 Å². The molecule has 1 atom stereocenters. The maximum atomic E-state index is 13.0. The van der Waals surface area contributed by atoms with Crippen LogP contribution in [0.5, 0.6) is 0 Å². The third-order valence-corrected chi connectivity index (χ3v) is 4.45. The molecule has 0 saturated heterocycles. The predicted octanol–water partition coefficient (Wildman–Crippen LogP) is 2.88. The van der Waals surface area contributed by atoms with Crippen molar-refractivity contribution in [3.63, 3.8) is 0 Å². The second-order valence-electron chi connectivity index (χ2n) is 6.17. The molecule has 1 aromatic heterocycles. The zero-order chi connectivity index (χ0) is 17.9. The Morgan fingerprint density at radius 1 is 1.12 bits per heavy atom. The van der Waals surface area contributed by atoms with E-state index in [9.17, 15) is 4.79 Å². The molecule has 0 bridgehead atoms. The molecule has 2 N–H and O–H groups in total. The molecule has 4 rings (SSSR count). The Hall–Kier alpha value is -3.41. The molecule has 0 saturated carbocycles. The van der Waals surface area contributed by atoms with Gasteiger partial charge in [0.05, 0.1) is 5.57 Å². The van der Waals surface area contributed by atoms with Crippen LogP contribution in [0.3, 0.4) is 0 Å². The number of carbonyl (C=O) groups is 1. The summed E-state index contributed by atoms with van der Waals surface area (Å²) in [7, 11) is 0. The summed E-state index contributed by atoms with van der Waals surface area (Å²) in [4.78, 5) is 17.3. The van der Waals surface area contributed by atoms with Crippen molar-refractivity contribution in [1.29, 1.82) is 0 Å². The summed E-state index contributed by atoms with van der Waals surface area (Å²) in [5.41, 5.74) is 3.47. The molecule has 0 aliphatic carbocycles. The van der Waals surface area contributed by atoms with Crippen molar-refractivity contribution in [3.8, 4) is 0 Å². The molecule has 0 spiro atoms. The van der Waals surface area contributed by atoms with Crippen LogP contribution in [-0.4, -0.2) is 20.7 Å². The molecule has 2 heterocycles. The first-order valence-electron chi connectivity index (χ1n) is 8.48. The highest BCUT2D eigenvalue weighted by Gasteiger charge is 2.33. The Labute approximate surface area is 151 Å². The van der Waals surface area contributed by atoms with E-state index < -0.39 is 0 Å². The van der Waals surface area contributed by atoms with Gasteiger partial charge in [-0.2, -0.15) is 10.1 Å². The maximum absolute atomic E-state index is 13.0. The minimum absolute atomic E-state index is 0.117. The number of nitrogens with one attached hydrogen (secondary N) is 2. The van der Waals surface area contributed by atoms with Crippen LogP contribution in [0, 0.1) is 0 Å². The fraction of sp³-hybridized carbons (Fsp3) is 0.150. The van der Waals surface area contributed by atoms with Crippen molar-refractivity contribution in [2.24, 2.45) is 0 Å². The van der Waals surface area contributed by atoms with Gasteiger partial charge in [-0.05, 0) is 18.1 Å². The SMILES string of the molecule is CC1=C(C(=O)NCc2ccccc2)[C@@H](c2ccccc2)n2ncnc2N1. The molecule has 0 fully saturated rings. The Bertz CT molecular complexity index is 947. The number of rotatable bonds is 4. The highest BCUT2D eigenvalue weighted by Crippen LogP contribution is 2.34. The monoisotopic (exact) mass is 345 g/mol. The Morgan fingerprint density at radius 2 is 1.81 bits per heavy atom. The molecule has 1 aliphatic rings. The van der Waals surface area contributed by atoms with Crippen molar-refractivity contribution >= 4 is 11.9 Å². The summed E-state index contributed by atoms with van der Waals surface area (Å²) >= 11 is 0. The van der Waals surface area contributed by atoms with E-state index in [0.29, 0.717) is 18.1 Å². The first-order valence-corrected chi connectivity index (χ1v) is 8.48. The van der Waals surface area contributed by atoms with E-state index in [2.05, 4.69) is 20.7 Å². The van der Waals surface area contributed by atoms with Crippen LogP contribution in [-0.2, 0) is 11.3 Å². The lowest BCUT2D eigenvalue weighted by Crippen LogP contribution is -2.34. The van der Waals surface area contributed by atoms with Gasteiger partial charge < -0.3 is 10.6 Å². The molecule has 3 aromatic rings. The van der Waals surface area contributed by atoms with Crippen LogP contribution < -0.4 is 10.6 Å². The highest BCUT2D eigenvalue weighted by molar-refractivity contribution is 5.96. The van der Waals surface area contributed by atoms with Gasteiger partial charge >= 0.3 is 0 Å². The topological polar surface area (TPSA) is 71.8 Å². The summed E-state index contributed by atoms with van der Waals surface area (Å²) in [6.07, 6.45) is 1.50. The lowest BCUT2D eigenvalue weighted by atomic mass is 9.95. The minimum Gasteiger partial charge on any atom is -0.348 e. The second-order valence-corrected chi connectivity index (χ2v) is 6.17. The van der Waals surface area contributed by atoms with Crippen LogP contribution >= 0.6 is 0 Å². The van der Waals surface area contributed by atoms with E-state index in [0.717, 1.165) is 16.8 Å². The number of allylic oxidation sites excluding steroid dienone is 1. The fourth-order valence-corrected chi connectivity index (χ4v) is 3.20. The minimum atomic E-state index is -0.314. The van der Waals surface area contributed by atoms with E-state index in [4.69, 9.17) is 0 Å². The molecule has 6 heteroatoms. The number of amides is 1. The number of carbonyl (C=O) groups excluding carboxylic acids is 1. The first-order chi connectivity index (χ1) is 12.7. The largest absolute Gasteiger partial charge is 0.348 e. The van der Waals surface area contributed by atoms with Crippen molar-refractivity contribution < 1.29 is 4.79 Å². The zero-order valence-corrected chi connectivity index (χ0v) is 14.4. The number of hydrogen-bond donors (Lipinski definition) is 2. The molecule has 26 heavy (non-hydrogen) atoms. The fourth-order valence-electron chi connectivity index (χ4n) is 3.20. The van der Waals surface area contributed by atoms with Crippen molar-refractivity contribution in [1.82, 2.24) is 20.1 Å². The predicted molar refractivity (Wildman–Crippen MR) is 99.2 cm³/mol. The summed E-state index contributed by atoms with van der Waals surface area (Å²) in [6.45, 7) is 2.37. The van der Waals surface area contributed by atoms with Crippen LogP contribution in [0.1, 0.15) is 24.1 Å². The van der Waals surface area contributed by atoms with Crippen LogP contribution in [0.15, 0.2) is 78.3 Å². The molecule has 1 amide bonds. The van der Waals surface area contributed by atoms with E-state index in [1.165, 1.54) is 6.33 Å². The van der Waals surface area contributed by atoms with Gasteiger partial charge in [-0.3, -0.25) is 4.79 Å². The van der Waals surface area contributed by atoms with E-state index >= 15 is 0 Å². The first kappa shape index (κ1) is 16.1. The van der Waals surface area contributed by atoms with Gasteiger partial charge in [-0.15, -0.1) is 0 Å². The second kappa shape index (κ2) is 6.84. The third kappa shape index (κ3) is 2.97. The summed E-state index contributed by atoms with van der Waals surface area (Å²) < 4.78 is 1.75. The van der Waals surface area contributed by atoms with E-state index in [1.807, 2.05) is 67.6 Å². The molecule has 1 aliphatic heterocycles. The molecular weight excluding hydrogens is 326 g/mol. The Kier molecular flexibility index (Phi) is 4.23. The van der Waals surface area contributed by atoms with Crippen molar-refractivity contribution in [2.75, 3.05) is 5.32 Å². The van der Waals surface area contributed by atoms with Gasteiger partial charge in [0.15, 0.2) is 0 Å². The molecule has 2 aromatic carbocycles. The summed E-state index contributed by atoms with van der Waals surface area (Å²) in [5.74, 6) is 0.518. The number of anilines is 1. The molecule has 130 valence electrons. The van der Waals surface area contributed by atoms with Gasteiger partial charge in [0.25, 0.3) is 5.91 Å². The maximum Gasteiger partial charge on any atom is 0.251 e. The quantitative estimate of drug-likeness (QED) is 0.763. The van der Waals surface area contributed by atoms with Gasteiger partial charge in [0.2, 0.25) is 5.95 Å². The van der Waals surface area contributed by atoms with Gasteiger partial charge in [0, 0.05) is 12.2 Å². The summed E-state index contributed by atoms with van der Waals surface area (Å²) in [5, 5.41) is 10.5. The zero-order valence-electron chi connectivity index (χ0n) is 14.4. The van der Waals surface area contributed by atoms with Crippen molar-refractivity contribution in [3.05, 3.63) is 89.4 Å². The van der Waals surface area contributed by atoms with Gasteiger partial charge in [0.1, 0.15) is 12.4 Å². The number of aromatic nitrogens is 3. The van der Waals surface area contributed by atoms with Crippen LogP contribution in [0.4, 0.5) is 5.95 Å². The van der Waals surface area contributed by atoms with Gasteiger partial charge in [-0.25, -0.2) is 4.68 Å². The number of hydrogen-bond acceptors (Lipinski definition) is 4. The standard InChI is InChI=1S/C20H19N5O/c1-14-17(19(26)21-12-15-8-4-2-5-9-15)18(16-10-6-3-7-11-16)25-20(24-14)22-13-23-25/h2-11,13,18H,12H2,1H3,(H,21,26)(H,22,23,24)/t18-/m1/s1. The number of fused-ring (bicyclic) bond motifs is 1. The smallest absolute Gasteiger partial charge is 0.251 e. The summed E-state index contributed by atoms with van der Waals surface area (Å²) in [6, 6.07) is 19.4. The lowest BCUT2D eigenvalue weighted by Gasteiger charge is -2.28. The lowest BCUT2D eigenvalue weighted by molar-refractivity contribution is -0.118. The number of benzene rings is 2. The molecule has 0 unspecified atom stereocenters. The average molecular weight is 345 g/mol. The van der Waals surface area contributed by atoms with Crippen LogP contribution in [0.25, 0.3) is 0 Å². The third-order valence-electron chi connectivity index (χ3n) is 4.45. The van der Waals surface area contributed by atoms with Gasteiger partial charge in [-0.1, -0.05) is 60.7 Å². The molecular formula is C20H19N5O. The Morgan fingerprint density at radius 3 is 2.54 bits per heavy atom. The Balaban J connectivity index is 1.67. The normalized spacial score (nSPS) is 16.0. The number of nitrogens with zero attached hydrogens (tertiary/aromatic N) is 3. The molecule has 0 radical (unpaired) electrons.